The van der Waals surface area contributed by atoms with Crippen molar-refractivity contribution in [2.45, 2.75) is 97.0 Å². The van der Waals surface area contributed by atoms with Gasteiger partial charge in [-0.05, 0) is 31.5 Å². The third-order valence-electron chi connectivity index (χ3n) is 5.93. The molecule has 0 aliphatic heterocycles. The van der Waals surface area contributed by atoms with Crippen molar-refractivity contribution in [1.29, 1.82) is 0 Å². The molecule has 0 fully saturated rings. The second-order valence-corrected chi connectivity index (χ2v) is 13.8. The summed E-state index contributed by atoms with van der Waals surface area (Å²) in [5, 5.41) is 0.178. The van der Waals surface area contributed by atoms with Gasteiger partial charge in [0.2, 0.25) is 0 Å². The molecule has 0 saturated carbocycles. The van der Waals surface area contributed by atoms with Crippen LogP contribution < -0.4 is 5.73 Å². The molecule has 6 nitrogen and oxygen atoms in total. The largest absolute Gasteiger partial charge is 0.412 e. The van der Waals surface area contributed by atoms with Gasteiger partial charge in [-0.1, -0.05) is 53.4 Å². The number of nitrogens with two attached hydrogens (primary N) is 1. The monoisotopic (exact) mass is 391 g/mol. The highest BCUT2D eigenvalue weighted by atomic mass is 28.4. The van der Waals surface area contributed by atoms with Crippen molar-refractivity contribution >= 4 is 25.3 Å². The number of fused-ring (bicyclic) bond motifs is 1. The molecule has 0 bridgehead atoms. The van der Waals surface area contributed by atoms with Crippen molar-refractivity contribution in [3.8, 4) is 0 Å². The third kappa shape index (κ3) is 5.07. The quantitative estimate of drug-likeness (QED) is 0.461. The van der Waals surface area contributed by atoms with E-state index in [1.807, 2.05) is 6.33 Å². The molecular weight excluding hydrogens is 354 g/mol. The van der Waals surface area contributed by atoms with E-state index in [1.54, 1.807) is 0 Å². The molecule has 0 amide bonds. The summed E-state index contributed by atoms with van der Waals surface area (Å²) in [5.41, 5.74) is 7.47. The summed E-state index contributed by atoms with van der Waals surface area (Å²) in [7, 11) is -1.87. The summed E-state index contributed by atoms with van der Waals surface area (Å²) in [4.78, 5) is 13.0. The lowest BCUT2D eigenvalue weighted by atomic mass is 10.0. The van der Waals surface area contributed by atoms with Gasteiger partial charge in [-0.15, -0.1) is 0 Å². The second-order valence-electron chi connectivity index (χ2n) is 9.08. The van der Waals surface area contributed by atoms with Gasteiger partial charge in [0, 0.05) is 0 Å². The van der Waals surface area contributed by atoms with Crippen molar-refractivity contribution in [2.24, 2.45) is 0 Å². The fourth-order valence-electron chi connectivity index (χ4n) is 3.21. The minimum atomic E-state index is -1.87. The summed E-state index contributed by atoms with van der Waals surface area (Å²) in [5.74, 6) is 0.432. The number of hydrogen-bond donors (Lipinski definition) is 1. The lowest BCUT2D eigenvalue weighted by Gasteiger charge is -2.40. The van der Waals surface area contributed by atoms with E-state index in [9.17, 15) is 0 Å². The molecule has 0 aromatic carbocycles. The normalized spacial score (nSPS) is 15.2. The average molecular weight is 392 g/mol. The van der Waals surface area contributed by atoms with Crippen LogP contribution in [0.5, 0.6) is 0 Å². The Balaban J connectivity index is 2.31. The first kappa shape index (κ1) is 21.8. The van der Waals surface area contributed by atoms with Gasteiger partial charge in [0.25, 0.3) is 0 Å². The van der Waals surface area contributed by atoms with E-state index in [4.69, 9.17) is 10.2 Å². The van der Waals surface area contributed by atoms with E-state index in [0.717, 1.165) is 12.1 Å². The topological polar surface area (TPSA) is 78.9 Å². The molecule has 2 rings (SSSR count). The van der Waals surface area contributed by atoms with Crippen molar-refractivity contribution in [3.05, 3.63) is 12.7 Å². The van der Waals surface area contributed by atoms with Gasteiger partial charge in [-0.25, -0.2) is 15.0 Å². The first-order valence-electron chi connectivity index (χ1n) is 10.2. The number of hydrogen-bond acceptors (Lipinski definition) is 5. The zero-order valence-corrected chi connectivity index (χ0v) is 19.1. The molecule has 0 unspecified atom stereocenters. The summed E-state index contributed by atoms with van der Waals surface area (Å²) < 4.78 is 8.89. The number of nitrogen functional groups attached to an aromatic ring is 1. The highest BCUT2D eigenvalue weighted by Gasteiger charge is 2.40. The molecule has 2 aromatic heterocycles. The van der Waals surface area contributed by atoms with E-state index >= 15 is 0 Å². The summed E-state index contributed by atoms with van der Waals surface area (Å²) in [6.07, 6.45) is 9.41. The molecule has 0 radical (unpaired) electrons. The molecular formula is C20H37N5OSi. The Bertz CT molecular complexity index is 738. The maximum atomic E-state index is 6.74. The number of rotatable bonds is 9. The Morgan fingerprint density at radius 3 is 2.48 bits per heavy atom. The number of unbranched alkanes of at least 4 members (excludes halogenated alkanes) is 3. The molecule has 2 aromatic rings. The maximum Gasteiger partial charge on any atom is 0.192 e. The molecule has 0 aliphatic carbocycles. The summed E-state index contributed by atoms with van der Waals surface area (Å²) in [6, 6.07) is 0.190. The SMILES string of the molecule is CCCCCC[C@@H]([C@@H](C)O[Si](C)(C)C(C)(C)C)n1cnc2c(N)ncnc21. The molecule has 0 saturated heterocycles. The van der Waals surface area contributed by atoms with E-state index < -0.39 is 8.32 Å². The predicted octanol–water partition coefficient (Wildman–Crippen LogP) is 5.33. The van der Waals surface area contributed by atoms with Crippen LogP contribution in [0, 0.1) is 0 Å². The summed E-state index contributed by atoms with van der Waals surface area (Å²) in [6.45, 7) is 15.9. The highest BCUT2D eigenvalue weighted by molar-refractivity contribution is 6.74. The molecule has 152 valence electrons. The molecule has 2 atom stereocenters. The molecule has 0 aliphatic rings. The van der Waals surface area contributed by atoms with Gasteiger partial charge in [-0.2, -0.15) is 0 Å². The molecule has 7 heteroatoms. The molecule has 2 heterocycles. The van der Waals surface area contributed by atoms with Crippen LogP contribution in [0.15, 0.2) is 12.7 Å². The average Bonchev–Trinajstić information content (AvgIpc) is 2.98. The summed E-state index contributed by atoms with van der Waals surface area (Å²) >= 11 is 0. The van der Waals surface area contributed by atoms with Crippen LogP contribution in [0.1, 0.15) is 72.8 Å². The Morgan fingerprint density at radius 1 is 1.15 bits per heavy atom. The fraction of sp³-hybridized carbons (Fsp3) is 0.750. The Morgan fingerprint density at radius 2 is 1.85 bits per heavy atom. The van der Waals surface area contributed by atoms with Crippen LogP contribution in [-0.2, 0) is 4.43 Å². The minimum absolute atomic E-state index is 0.0844. The highest BCUT2D eigenvalue weighted by Crippen LogP contribution is 2.39. The van der Waals surface area contributed by atoms with Crippen LogP contribution >= 0.6 is 0 Å². The first-order valence-corrected chi connectivity index (χ1v) is 13.1. The lowest BCUT2D eigenvalue weighted by Crippen LogP contribution is -2.45. The van der Waals surface area contributed by atoms with E-state index in [-0.39, 0.29) is 17.2 Å². The lowest BCUT2D eigenvalue weighted by molar-refractivity contribution is 0.132. The van der Waals surface area contributed by atoms with Crippen LogP contribution in [0.3, 0.4) is 0 Å². The van der Waals surface area contributed by atoms with E-state index in [2.05, 4.69) is 67.2 Å². The maximum absolute atomic E-state index is 6.74. The van der Waals surface area contributed by atoms with Crippen molar-refractivity contribution in [2.75, 3.05) is 5.73 Å². The smallest absolute Gasteiger partial charge is 0.192 e. The van der Waals surface area contributed by atoms with Crippen molar-refractivity contribution < 1.29 is 4.43 Å². The second kappa shape index (κ2) is 8.69. The Hall–Kier alpha value is -1.47. The number of anilines is 1. The number of imidazole rings is 1. The number of aromatic nitrogens is 4. The standard InChI is InChI=1S/C20H37N5OSi/c1-8-9-10-11-12-16(15(2)26-27(6,7)20(3,4)5)25-14-24-17-18(21)22-13-23-19(17)25/h13-16H,8-12H2,1-7H3,(H2,21,22,23)/t15-,16+/m1/s1. The zero-order chi connectivity index (χ0) is 20.2. The first-order chi connectivity index (χ1) is 12.6. The van der Waals surface area contributed by atoms with Gasteiger partial charge in [0.15, 0.2) is 19.8 Å². The Labute approximate surface area is 165 Å². The predicted molar refractivity (Wildman–Crippen MR) is 115 cm³/mol. The van der Waals surface area contributed by atoms with Crippen LogP contribution in [0.2, 0.25) is 18.1 Å². The van der Waals surface area contributed by atoms with Crippen molar-refractivity contribution in [1.82, 2.24) is 19.5 Å². The van der Waals surface area contributed by atoms with E-state index in [0.29, 0.717) is 11.3 Å². The van der Waals surface area contributed by atoms with Gasteiger partial charge in [0.05, 0.1) is 18.5 Å². The van der Waals surface area contributed by atoms with Crippen LogP contribution in [0.25, 0.3) is 11.2 Å². The van der Waals surface area contributed by atoms with Gasteiger partial charge >= 0.3 is 0 Å². The third-order valence-corrected chi connectivity index (χ3v) is 10.5. The zero-order valence-electron chi connectivity index (χ0n) is 18.1. The fourth-order valence-corrected chi connectivity index (χ4v) is 4.65. The van der Waals surface area contributed by atoms with Gasteiger partial charge < -0.3 is 14.7 Å². The number of nitrogens with zero attached hydrogens (tertiary/aromatic N) is 4. The van der Waals surface area contributed by atoms with Crippen LogP contribution in [-0.4, -0.2) is 33.9 Å². The van der Waals surface area contributed by atoms with Crippen LogP contribution in [0.4, 0.5) is 5.82 Å². The minimum Gasteiger partial charge on any atom is -0.412 e. The molecule has 0 spiro atoms. The van der Waals surface area contributed by atoms with Crippen molar-refractivity contribution in [3.63, 3.8) is 0 Å². The van der Waals surface area contributed by atoms with E-state index in [1.165, 1.54) is 32.0 Å². The Kier molecular flexibility index (Phi) is 7.02. The van der Waals surface area contributed by atoms with Gasteiger partial charge in [-0.3, -0.25) is 0 Å². The van der Waals surface area contributed by atoms with Gasteiger partial charge in [0.1, 0.15) is 11.8 Å². The molecule has 2 N–H and O–H groups in total. The molecule has 27 heavy (non-hydrogen) atoms.